The maximum Gasteiger partial charge on any atom is 0.416 e. The number of benzene rings is 1. The summed E-state index contributed by atoms with van der Waals surface area (Å²) in [6, 6.07) is 3.99. The third kappa shape index (κ3) is 3.19. The van der Waals surface area contributed by atoms with Gasteiger partial charge in [0, 0.05) is 0 Å². The summed E-state index contributed by atoms with van der Waals surface area (Å²) in [4.78, 5) is 22.6. The van der Waals surface area contributed by atoms with Crippen LogP contribution in [0.2, 0.25) is 0 Å². The highest BCUT2D eigenvalue weighted by atomic mass is 19.4. The van der Waals surface area contributed by atoms with Gasteiger partial charge >= 0.3 is 12.2 Å². The van der Waals surface area contributed by atoms with Crippen LogP contribution in [0.1, 0.15) is 5.56 Å². The largest absolute Gasteiger partial charge is 0.487 e. The molecule has 2 rings (SSSR count). The molecule has 0 aliphatic carbocycles. The van der Waals surface area contributed by atoms with E-state index in [9.17, 15) is 22.8 Å². The molecule has 3 amide bonds. The zero-order chi connectivity index (χ0) is 14.8. The van der Waals surface area contributed by atoms with Crippen molar-refractivity contribution >= 4 is 12.4 Å². The van der Waals surface area contributed by atoms with Crippen LogP contribution in [0.3, 0.4) is 0 Å². The van der Waals surface area contributed by atoms with Crippen molar-refractivity contribution in [3.05, 3.63) is 29.8 Å². The highest BCUT2D eigenvalue weighted by molar-refractivity contribution is 5.85. The summed E-state index contributed by atoms with van der Waals surface area (Å²) in [6.07, 6.45) is -4.53. The minimum absolute atomic E-state index is 0.0975. The molecule has 5 nitrogen and oxygen atoms in total. The van der Waals surface area contributed by atoms with E-state index in [1.54, 1.807) is 0 Å². The molecule has 0 atom stereocenters. The molecule has 1 aliphatic rings. The third-order valence-electron chi connectivity index (χ3n) is 2.78. The first-order chi connectivity index (χ1) is 9.40. The summed E-state index contributed by atoms with van der Waals surface area (Å²) in [5.74, 6) is 0.0975. The molecule has 1 saturated heterocycles. The second kappa shape index (κ2) is 5.40. The number of nitrogens with zero attached hydrogens (tertiary/aromatic N) is 1. The Morgan fingerprint density at radius 1 is 1.40 bits per heavy atom. The van der Waals surface area contributed by atoms with Crippen molar-refractivity contribution in [1.82, 2.24) is 10.2 Å². The minimum Gasteiger partial charge on any atom is -0.487 e. The molecule has 0 saturated carbocycles. The summed E-state index contributed by atoms with van der Waals surface area (Å²) < 4.78 is 42.8. The SMILES string of the molecule is O=CNC(=O)N1CC(Oc2cccc(C(F)(F)F)c2)C1. The molecule has 1 heterocycles. The Bertz CT molecular complexity index is 513. The molecule has 0 aromatic heterocycles. The van der Waals surface area contributed by atoms with Crippen molar-refractivity contribution < 1.29 is 27.5 Å². The molecule has 1 aromatic rings. The highest BCUT2D eigenvalue weighted by Crippen LogP contribution is 2.31. The van der Waals surface area contributed by atoms with E-state index < -0.39 is 17.8 Å². The standard InChI is InChI=1S/C12H11F3N2O3/c13-12(14,15)8-2-1-3-9(4-8)20-10-5-17(6-10)11(19)16-7-18/h1-4,7,10H,5-6H2,(H,16,18,19). The van der Waals surface area contributed by atoms with E-state index in [0.29, 0.717) is 0 Å². The second-order valence-electron chi connectivity index (χ2n) is 4.24. The fourth-order valence-electron chi connectivity index (χ4n) is 1.76. The minimum atomic E-state index is -4.42. The van der Waals surface area contributed by atoms with Crippen molar-refractivity contribution in [2.75, 3.05) is 13.1 Å². The monoisotopic (exact) mass is 288 g/mol. The number of carbonyl (C=O) groups is 2. The van der Waals surface area contributed by atoms with Gasteiger partial charge in [-0.25, -0.2) is 4.79 Å². The van der Waals surface area contributed by atoms with Gasteiger partial charge in [-0.3, -0.25) is 10.1 Å². The average molecular weight is 288 g/mol. The lowest BCUT2D eigenvalue weighted by atomic mass is 10.1. The summed E-state index contributed by atoms with van der Waals surface area (Å²) in [5.41, 5.74) is -0.787. The summed E-state index contributed by atoms with van der Waals surface area (Å²) in [5, 5.41) is 1.96. The number of nitrogens with one attached hydrogen (secondary N) is 1. The van der Waals surface area contributed by atoms with Crippen LogP contribution in [0.15, 0.2) is 24.3 Å². The second-order valence-corrected chi connectivity index (χ2v) is 4.24. The van der Waals surface area contributed by atoms with Crippen LogP contribution in [0.5, 0.6) is 5.75 Å². The molecular weight excluding hydrogens is 277 g/mol. The number of halogens is 3. The van der Waals surface area contributed by atoms with Gasteiger partial charge in [0.15, 0.2) is 0 Å². The van der Waals surface area contributed by atoms with E-state index in [1.807, 2.05) is 5.32 Å². The molecule has 1 fully saturated rings. The first kappa shape index (κ1) is 14.2. The molecule has 1 N–H and O–H groups in total. The molecule has 0 radical (unpaired) electrons. The van der Waals surface area contributed by atoms with E-state index in [1.165, 1.54) is 17.0 Å². The molecule has 1 aliphatic heterocycles. The number of imide groups is 1. The Labute approximate surface area is 112 Å². The Balaban J connectivity index is 1.90. The Morgan fingerprint density at radius 2 is 2.10 bits per heavy atom. The van der Waals surface area contributed by atoms with Crippen LogP contribution in [0, 0.1) is 0 Å². The summed E-state index contributed by atoms with van der Waals surface area (Å²) >= 11 is 0. The third-order valence-corrected chi connectivity index (χ3v) is 2.78. The molecule has 0 bridgehead atoms. The number of likely N-dealkylation sites (tertiary alicyclic amines) is 1. The van der Waals surface area contributed by atoms with E-state index >= 15 is 0 Å². The zero-order valence-electron chi connectivity index (χ0n) is 10.2. The van der Waals surface area contributed by atoms with E-state index in [4.69, 9.17) is 4.74 Å². The van der Waals surface area contributed by atoms with E-state index in [-0.39, 0.29) is 31.4 Å². The topological polar surface area (TPSA) is 58.6 Å². The maximum atomic E-state index is 12.5. The van der Waals surface area contributed by atoms with E-state index in [2.05, 4.69) is 0 Å². The highest BCUT2D eigenvalue weighted by Gasteiger charge is 2.33. The maximum absolute atomic E-state index is 12.5. The smallest absolute Gasteiger partial charge is 0.416 e. The molecule has 0 unspecified atom stereocenters. The number of alkyl halides is 3. The van der Waals surface area contributed by atoms with Gasteiger partial charge in [0.1, 0.15) is 11.9 Å². The van der Waals surface area contributed by atoms with Crippen molar-refractivity contribution in [3.8, 4) is 5.75 Å². The fourth-order valence-corrected chi connectivity index (χ4v) is 1.76. The van der Waals surface area contributed by atoms with Crippen LogP contribution < -0.4 is 10.1 Å². The quantitative estimate of drug-likeness (QED) is 0.860. The number of carbonyl (C=O) groups excluding carboxylic acids is 2. The van der Waals surface area contributed by atoms with Crippen LogP contribution >= 0.6 is 0 Å². The van der Waals surface area contributed by atoms with Crippen molar-refractivity contribution in [3.63, 3.8) is 0 Å². The summed E-state index contributed by atoms with van der Waals surface area (Å²) in [7, 11) is 0. The molecule has 1 aromatic carbocycles. The molecule has 0 spiro atoms. The fraction of sp³-hybridized carbons (Fsp3) is 0.333. The summed E-state index contributed by atoms with van der Waals surface area (Å²) in [6.45, 7) is 0.436. The predicted octanol–water partition coefficient (Wildman–Crippen LogP) is 1.63. The first-order valence-corrected chi connectivity index (χ1v) is 5.73. The zero-order valence-corrected chi connectivity index (χ0v) is 10.2. The van der Waals surface area contributed by atoms with E-state index in [0.717, 1.165) is 12.1 Å². The Morgan fingerprint density at radius 3 is 2.70 bits per heavy atom. The normalized spacial score (nSPS) is 15.4. The first-order valence-electron chi connectivity index (χ1n) is 5.73. The lowest BCUT2D eigenvalue weighted by Crippen LogP contribution is -2.58. The Hall–Kier alpha value is -2.25. The number of hydrogen-bond acceptors (Lipinski definition) is 3. The van der Waals surface area contributed by atoms with Gasteiger partial charge in [-0.15, -0.1) is 0 Å². The van der Waals surface area contributed by atoms with Crippen LogP contribution in [0.4, 0.5) is 18.0 Å². The van der Waals surface area contributed by atoms with Crippen LogP contribution in [-0.4, -0.2) is 36.5 Å². The number of ether oxygens (including phenoxy) is 1. The van der Waals surface area contributed by atoms with Gasteiger partial charge in [0.05, 0.1) is 18.7 Å². The van der Waals surface area contributed by atoms with Crippen molar-refractivity contribution in [2.24, 2.45) is 0 Å². The number of hydrogen-bond donors (Lipinski definition) is 1. The van der Waals surface area contributed by atoms with Crippen LogP contribution in [0.25, 0.3) is 0 Å². The lowest BCUT2D eigenvalue weighted by Gasteiger charge is -2.38. The van der Waals surface area contributed by atoms with Crippen LogP contribution in [-0.2, 0) is 11.0 Å². The number of rotatable bonds is 3. The number of urea groups is 1. The molecule has 108 valence electrons. The van der Waals surface area contributed by atoms with Gasteiger partial charge in [-0.05, 0) is 18.2 Å². The van der Waals surface area contributed by atoms with Gasteiger partial charge in [-0.1, -0.05) is 6.07 Å². The van der Waals surface area contributed by atoms with Gasteiger partial charge in [0.2, 0.25) is 6.41 Å². The average Bonchev–Trinajstić information content (AvgIpc) is 2.33. The predicted molar refractivity (Wildman–Crippen MR) is 62.0 cm³/mol. The lowest BCUT2D eigenvalue weighted by molar-refractivity contribution is -0.137. The van der Waals surface area contributed by atoms with Crippen molar-refractivity contribution in [2.45, 2.75) is 12.3 Å². The van der Waals surface area contributed by atoms with Gasteiger partial charge < -0.3 is 9.64 Å². The van der Waals surface area contributed by atoms with Gasteiger partial charge in [-0.2, -0.15) is 13.2 Å². The number of amides is 3. The van der Waals surface area contributed by atoms with Gasteiger partial charge in [0.25, 0.3) is 0 Å². The Kier molecular flexibility index (Phi) is 3.82. The van der Waals surface area contributed by atoms with Crippen molar-refractivity contribution in [1.29, 1.82) is 0 Å². The molecule has 8 heteroatoms. The molecular formula is C12H11F3N2O3. The molecule has 20 heavy (non-hydrogen) atoms.